The molecule has 2 N–H and O–H groups in total. The summed E-state index contributed by atoms with van der Waals surface area (Å²) >= 11 is 0.772. The Balaban J connectivity index is 2.31. The maximum absolute atomic E-state index is 12.3. The van der Waals surface area contributed by atoms with Gasteiger partial charge in [-0.1, -0.05) is 17.7 Å². The molecular formula is C17H18N2O7S2. The molecule has 0 spiro atoms. The van der Waals surface area contributed by atoms with E-state index in [-0.39, 0.29) is 25.9 Å². The van der Waals surface area contributed by atoms with E-state index >= 15 is 0 Å². The Morgan fingerprint density at radius 1 is 0.964 bits per heavy atom. The Hall–Kier alpha value is -2.92. The molecule has 0 aliphatic rings. The van der Waals surface area contributed by atoms with Gasteiger partial charge in [0, 0.05) is 0 Å². The molecule has 0 radical (unpaired) electrons. The van der Waals surface area contributed by atoms with Gasteiger partial charge in [-0.25, -0.2) is 27.5 Å². The van der Waals surface area contributed by atoms with E-state index in [1.807, 2.05) is 4.72 Å². The van der Waals surface area contributed by atoms with Crippen molar-refractivity contribution in [2.24, 2.45) is 0 Å². The second kappa shape index (κ2) is 8.40. The minimum Gasteiger partial charge on any atom is -0.465 e. The van der Waals surface area contributed by atoms with E-state index in [1.165, 1.54) is 26.2 Å². The number of esters is 2. The maximum Gasteiger partial charge on any atom is 0.348 e. The normalized spacial score (nSPS) is 10.9. The number of carbonyl (C=O) groups is 3. The number of carbonyl (C=O) groups excluding carboxylic acids is 3. The van der Waals surface area contributed by atoms with Crippen LogP contribution in [0.1, 0.15) is 31.2 Å². The van der Waals surface area contributed by atoms with Gasteiger partial charge in [-0.3, -0.25) is 5.32 Å². The van der Waals surface area contributed by atoms with E-state index in [9.17, 15) is 22.8 Å². The van der Waals surface area contributed by atoms with Gasteiger partial charge in [0.15, 0.2) is 0 Å². The van der Waals surface area contributed by atoms with E-state index in [1.54, 1.807) is 19.1 Å². The van der Waals surface area contributed by atoms with Crippen LogP contribution < -0.4 is 10.0 Å². The molecule has 0 fully saturated rings. The smallest absolute Gasteiger partial charge is 0.348 e. The first-order chi connectivity index (χ1) is 13.1. The predicted octanol–water partition coefficient (Wildman–Crippen LogP) is 2.45. The summed E-state index contributed by atoms with van der Waals surface area (Å²) in [6, 6.07) is 4.80. The summed E-state index contributed by atoms with van der Waals surface area (Å²) in [6.45, 7) is 3.28. The second-order valence-electron chi connectivity index (χ2n) is 5.62. The quantitative estimate of drug-likeness (QED) is 0.703. The van der Waals surface area contributed by atoms with Crippen molar-refractivity contribution in [3.63, 3.8) is 0 Å². The molecule has 0 unspecified atom stereocenters. The fraction of sp³-hybridized carbons (Fsp3) is 0.235. The Bertz CT molecular complexity index is 1020. The molecule has 1 heterocycles. The van der Waals surface area contributed by atoms with Crippen LogP contribution in [0.2, 0.25) is 0 Å². The Morgan fingerprint density at radius 3 is 2.07 bits per heavy atom. The molecule has 1 aromatic carbocycles. The minimum absolute atomic E-state index is 0.0404. The molecule has 11 heteroatoms. The van der Waals surface area contributed by atoms with Crippen LogP contribution in [-0.2, 0) is 19.5 Å². The molecule has 0 saturated heterocycles. The molecule has 150 valence electrons. The minimum atomic E-state index is -4.12. The lowest BCUT2D eigenvalue weighted by Crippen LogP contribution is -2.34. The predicted molar refractivity (Wildman–Crippen MR) is 102 cm³/mol. The lowest BCUT2D eigenvalue weighted by atomic mass is 10.1. The highest BCUT2D eigenvalue weighted by Crippen LogP contribution is 2.34. The van der Waals surface area contributed by atoms with Gasteiger partial charge < -0.3 is 9.47 Å². The summed E-state index contributed by atoms with van der Waals surface area (Å²) in [4.78, 5) is 36.1. The standard InChI is InChI=1S/C17H18N2O7S2/c1-9-5-7-11(8-6-9)28(23,24)19-17(22)18-14-12(15(20)25-3)10(2)13(27-14)16(21)26-4/h5-8H,1-4H3,(H2,18,19,22). The molecule has 2 aromatic rings. The topological polar surface area (TPSA) is 128 Å². The number of hydrogen-bond donors (Lipinski definition) is 2. The summed E-state index contributed by atoms with van der Waals surface area (Å²) in [5, 5.41) is 2.24. The molecule has 0 atom stereocenters. The zero-order valence-corrected chi connectivity index (χ0v) is 17.1. The van der Waals surface area contributed by atoms with E-state index in [0.717, 1.165) is 24.0 Å². The van der Waals surface area contributed by atoms with E-state index in [2.05, 4.69) is 14.8 Å². The summed E-state index contributed by atoms with van der Waals surface area (Å²) in [7, 11) is -1.81. The van der Waals surface area contributed by atoms with Crippen molar-refractivity contribution in [1.82, 2.24) is 4.72 Å². The van der Waals surface area contributed by atoms with Crippen molar-refractivity contribution in [3.8, 4) is 0 Å². The molecule has 0 bridgehead atoms. The Morgan fingerprint density at radius 2 is 1.54 bits per heavy atom. The average molecular weight is 426 g/mol. The maximum atomic E-state index is 12.3. The van der Waals surface area contributed by atoms with Gasteiger partial charge in [0.05, 0.1) is 24.7 Å². The van der Waals surface area contributed by atoms with Crippen LogP contribution in [0, 0.1) is 13.8 Å². The number of hydrogen-bond acceptors (Lipinski definition) is 8. The third kappa shape index (κ3) is 4.49. The number of amides is 2. The highest BCUT2D eigenvalue weighted by molar-refractivity contribution is 7.90. The van der Waals surface area contributed by atoms with Crippen molar-refractivity contribution in [2.45, 2.75) is 18.7 Å². The average Bonchev–Trinajstić information content (AvgIpc) is 2.96. The molecule has 9 nitrogen and oxygen atoms in total. The van der Waals surface area contributed by atoms with Gasteiger partial charge in [-0.2, -0.15) is 0 Å². The van der Waals surface area contributed by atoms with E-state index < -0.39 is 28.0 Å². The number of benzene rings is 1. The van der Waals surface area contributed by atoms with Crippen LogP contribution in [0.15, 0.2) is 29.2 Å². The number of sulfonamides is 1. The number of ether oxygens (including phenoxy) is 2. The highest BCUT2D eigenvalue weighted by Gasteiger charge is 2.27. The number of rotatable bonds is 5. The van der Waals surface area contributed by atoms with Crippen LogP contribution in [-0.4, -0.2) is 40.6 Å². The number of thiophene rings is 1. The molecule has 0 aliphatic carbocycles. The van der Waals surface area contributed by atoms with Crippen LogP contribution in [0.4, 0.5) is 9.80 Å². The monoisotopic (exact) mass is 426 g/mol. The summed E-state index contributed by atoms with van der Waals surface area (Å²) < 4.78 is 35.8. The fourth-order valence-electron chi connectivity index (χ4n) is 2.26. The first-order valence-electron chi connectivity index (χ1n) is 7.81. The van der Waals surface area contributed by atoms with Crippen molar-refractivity contribution in [2.75, 3.05) is 19.5 Å². The number of urea groups is 1. The Labute approximate surface area is 165 Å². The number of nitrogens with one attached hydrogen (secondary N) is 2. The lowest BCUT2D eigenvalue weighted by Gasteiger charge is -2.09. The molecular weight excluding hydrogens is 408 g/mol. The molecule has 28 heavy (non-hydrogen) atoms. The van der Waals surface area contributed by atoms with Gasteiger partial charge in [-0.15, -0.1) is 11.3 Å². The first kappa shape index (κ1) is 21.4. The molecule has 2 rings (SSSR count). The van der Waals surface area contributed by atoms with Crippen LogP contribution >= 0.6 is 11.3 Å². The first-order valence-corrected chi connectivity index (χ1v) is 10.1. The third-order valence-corrected chi connectivity index (χ3v) is 6.23. The number of aryl methyl sites for hydroxylation is 1. The number of anilines is 1. The van der Waals surface area contributed by atoms with Gasteiger partial charge >= 0.3 is 18.0 Å². The summed E-state index contributed by atoms with van der Waals surface area (Å²) in [5.74, 6) is -1.49. The van der Waals surface area contributed by atoms with Gasteiger partial charge in [0.25, 0.3) is 10.0 Å². The van der Waals surface area contributed by atoms with Gasteiger partial charge in [0.1, 0.15) is 9.88 Å². The molecule has 1 aromatic heterocycles. The van der Waals surface area contributed by atoms with Crippen molar-refractivity contribution in [3.05, 3.63) is 45.8 Å². The van der Waals surface area contributed by atoms with E-state index in [0.29, 0.717) is 0 Å². The third-order valence-electron chi connectivity index (χ3n) is 3.69. The summed E-state index contributed by atoms with van der Waals surface area (Å²) in [6.07, 6.45) is 0. The van der Waals surface area contributed by atoms with Gasteiger partial charge in [-0.05, 0) is 31.5 Å². The fourth-order valence-corrected chi connectivity index (χ4v) is 4.28. The van der Waals surface area contributed by atoms with Crippen LogP contribution in [0.25, 0.3) is 0 Å². The SMILES string of the molecule is COC(=O)c1sc(NC(=O)NS(=O)(=O)c2ccc(C)cc2)c(C(=O)OC)c1C. The second-order valence-corrected chi connectivity index (χ2v) is 8.32. The summed E-state index contributed by atoms with van der Waals surface area (Å²) in [5.41, 5.74) is 1.05. The zero-order valence-electron chi connectivity index (χ0n) is 15.5. The van der Waals surface area contributed by atoms with Crippen LogP contribution in [0.5, 0.6) is 0 Å². The molecule has 0 aliphatic heterocycles. The largest absolute Gasteiger partial charge is 0.465 e. The van der Waals surface area contributed by atoms with Crippen molar-refractivity contribution >= 4 is 44.3 Å². The van der Waals surface area contributed by atoms with Gasteiger partial charge in [0.2, 0.25) is 0 Å². The number of methoxy groups -OCH3 is 2. The zero-order chi connectivity index (χ0) is 21.1. The highest BCUT2D eigenvalue weighted by atomic mass is 32.2. The van der Waals surface area contributed by atoms with E-state index in [4.69, 9.17) is 0 Å². The van der Waals surface area contributed by atoms with Crippen LogP contribution in [0.3, 0.4) is 0 Å². The lowest BCUT2D eigenvalue weighted by molar-refractivity contribution is 0.0601. The molecule has 0 saturated carbocycles. The molecule has 2 amide bonds. The van der Waals surface area contributed by atoms with Crippen molar-refractivity contribution < 1.29 is 32.3 Å². The Kier molecular flexibility index (Phi) is 6.41. The van der Waals surface area contributed by atoms with Crippen molar-refractivity contribution in [1.29, 1.82) is 0 Å².